The molecule has 0 fully saturated rings. The Morgan fingerprint density at radius 2 is 2.05 bits per heavy atom. The summed E-state index contributed by atoms with van der Waals surface area (Å²) in [5.74, 6) is 0.717. The largest absolute Gasteiger partial charge is 0.489 e. The minimum Gasteiger partial charge on any atom is -0.489 e. The smallest absolute Gasteiger partial charge is 0.315 e. The summed E-state index contributed by atoms with van der Waals surface area (Å²) >= 11 is 5.81. The number of aromatic nitrogens is 1. The van der Waals surface area contributed by atoms with Gasteiger partial charge in [0.1, 0.15) is 11.9 Å². The van der Waals surface area contributed by atoms with E-state index in [0.29, 0.717) is 18.1 Å². The van der Waals surface area contributed by atoms with Gasteiger partial charge in [-0.2, -0.15) is 0 Å². The summed E-state index contributed by atoms with van der Waals surface area (Å²) in [5.41, 5.74) is 0.947. The van der Waals surface area contributed by atoms with Gasteiger partial charge in [0.2, 0.25) is 0 Å². The molecular formula is C16H18ClN3O2. The number of rotatable bonds is 6. The maximum Gasteiger partial charge on any atom is 0.315 e. The molecule has 2 aromatic rings. The standard InChI is InChI=1S/C16H18ClN3O2/c1-12(22-15-6-4-14(17)5-7-15)9-19-16(21)20-11-13-3-2-8-18-10-13/h2-8,10,12H,9,11H2,1H3,(H2,19,20,21)/t12-/m0/s1. The fourth-order valence-corrected chi connectivity index (χ4v) is 1.90. The maximum absolute atomic E-state index is 11.7. The summed E-state index contributed by atoms with van der Waals surface area (Å²) in [6, 6.07) is 10.6. The quantitative estimate of drug-likeness (QED) is 0.860. The second-order valence-electron chi connectivity index (χ2n) is 4.81. The predicted molar refractivity (Wildman–Crippen MR) is 86.0 cm³/mol. The fourth-order valence-electron chi connectivity index (χ4n) is 1.77. The van der Waals surface area contributed by atoms with Gasteiger partial charge in [-0.1, -0.05) is 17.7 Å². The van der Waals surface area contributed by atoms with Gasteiger partial charge in [0.15, 0.2) is 0 Å². The van der Waals surface area contributed by atoms with E-state index >= 15 is 0 Å². The number of carbonyl (C=O) groups excluding carboxylic acids is 1. The van der Waals surface area contributed by atoms with Gasteiger partial charge in [0, 0.05) is 24.0 Å². The van der Waals surface area contributed by atoms with E-state index in [2.05, 4.69) is 15.6 Å². The highest BCUT2D eigenvalue weighted by Gasteiger charge is 2.07. The second-order valence-corrected chi connectivity index (χ2v) is 5.24. The van der Waals surface area contributed by atoms with Crippen LogP contribution in [0.3, 0.4) is 0 Å². The van der Waals surface area contributed by atoms with Gasteiger partial charge in [0.05, 0.1) is 6.54 Å². The molecule has 2 rings (SSSR count). The molecule has 0 bridgehead atoms. The summed E-state index contributed by atoms with van der Waals surface area (Å²) in [6.07, 6.45) is 3.26. The molecule has 2 amide bonds. The Morgan fingerprint density at radius 3 is 2.73 bits per heavy atom. The van der Waals surface area contributed by atoms with Crippen LogP contribution in [0.5, 0.6) is 5.75 Å². The number of carbonyl (C=O) groups is 1. The molecule has 0 aliphatic heterocycles. The Labute approximate surface area is 134 Å². The van der Waals surface area contributed by atoms with Gasteiger partial charge in [-0.15, -0.1) is 0 Å². The minimum absolute atomic E-state index is 0.148. The van der Waals surface area contributed by atoms with Crippen LogP contribution in [0.1, 0.15) is 12.5 Å². The zero-order valence-electron chi connectivity index (χ0n) is 12.3. The highest BCUT2D eigenvalue weighted by Crippen LogP contribution is 2.16. The van der Waals surface area contributed by atoms with Crippen LogP contribution in [-0.2, 0) is 6.54 Å². The maximum atomic E-state index is 11.7. The zero-order valence-corrected chi connectivity index (χ0v) is 13.0. The molecule has 0 unspecified atom stereocenters. The van der Waals surface area contributed by atoms with Crippen LogP contribution in [0.2, 0.25) is 5.02 Å². The van der Waals surface area contributed by atoms with Crippen LogP contribution < -0.4 is 15.4 Å². The number of nitrogens with zero attached hydrogens (tertiary/aromatic N) is 1. The van der Waals surface area contributed by atoms with E-state index in [4.69, 9.17) is 16.3 Å². The summed E-state index contributed by atoms with van der Waals surface area (Å²) in [4.78, 5) is 15.7. The lowest BCUT2D eigenvalue weighted by atomic mass is 10.3. The van der Waals surface area contributed by atoms with Gasteiger partial charge in [-0.05, 0) is 42.8 Å². The first-order valence-electron chi connectivity index (χ1n) is 6.96. The van der Waals surface area contributed by atoms with Crippen LogP contribution in [-0.4, -0.2) is 23.7 Å². The number of pyridine rings is 1. The molecule has 0 spiro atoms. The third kappa shape index (κ3) is 5.61. The second kappa shape index (κ2) is 8.24. The van der Waals surface area contributed by atoms with Gasteiger partial charge in [-0.3, -0.25) is 4.98 Å². The molecule has 22 heavy (non-hydrogen) atoms. The van der Waals surface area contributed by atoms with Crippen molar-refractivity contribution in [1.29, 1.82) is 0 Å². The van der Waals surface area contributed by atoms with Crippen LogP contribution >= 0.6 is 11.6 Å². The first-order chi connectivity index (χ1) is 10.6. The SMILES string of the molecule is C[C@@H](CNC(=O)NCc1cccnc1)Oc1ccc(Cl)cc1. The van der Waals surface area contributed by atoms with Crippen molar-refractivity contribution in [3.8, 4) is 5.75 Å². The Balaban J connectivity index is 1.68. The minimum atomic E-state index is -0.240. The number of ether oxygens (including phenoxy) is 1. The molecule has 1 aromatic carbocycles. The van der Waals surface area contributed by atoms with Crippen molar-refractivity contribution in [2.45, 2.75) is 19.6 Å². The fraction of sp³-hybridized carbons (Fsp3) is 0.250. The van der Waals surface area contributed by atoms with Gasteiger partial charge in [-0.25, -0.2) is 4.79 Å². The number of halogens is 1. The molecule has 1 atom stereocenters. The number of urea groups is 1. The van der Waals surface area contributed by atoms with Crippen molar-refractivity contribution < 1.29 is 9.53 Å². The summed E-state index contributed by atoms with van der Waals surface area (Å²) in [5, 5.41) is 6.19. The molecule has 116 valence electrons. The average molecular weight is 320 g/mol. The van der Waals surface area contributed by atoms with Crippen LogP contribution in [0.25, 0.3) is 0 Å². The summed E-state index contributed by atoms with van der Waals surface area (Å²) < 4.78 is 5.67. The van der Waals surface area contributed by atoms with E-state index in [9.17, 15) is 4.79 Å². The Morgan fingerprint density at radius 1 is 1.27 bits per heavy atom. The van der Waals surface area contributed by atoms with E-state index in [0.717, 1.165) is 11.3 Å². The number of benzene rings is 1. The van der Waals surface area contributed by atoms with Crippen LogP contribution in [0.15, 0.2) is 48.8 Å². The van der Waals surface area contributed by atoms with Crippen molar-refractivity contribution in [3.63, 3.8) is 0 Å². The van der Waals surface area contributed by atoms with E-state index in [-0.39, 0.29) is 12.1 Å². The summed E-state index contributed by atoms with van der Waals surface area (Å²) in [7, 11) is 0. The van der Waals surface area contributed by atoms with Gasteiger partial charge >= 0.3 is 6.03 Å². The molecule has 1 aromatic heterocycles. The highest BCUT2D eigenvalue weighted by molar-refractivity contribution is 6.30. The van der Waals surface area contributed by atoms with Crippen molar-refractivity contribution in [2.75, 3.05) is 6.54 Å². The van der Waals surface area contributed by atoms with E-state index < -0.39 is 0 Å². The monoisotopic (exact) mass is 319 g/mol. The Kier molecular flexibility index (Phi) is 6.03. The number of nitrogens with one attached hydrogen (secondary N) is 2. The molecule has 0 radical (unpaired) electrons. The van der Waals surface area contributed by atoms with Gasteiger partial charge < -0.3 is 15.4 Å². The molecule has 5 nitrogen and oxygen atoms in total. The van der Waals surface area contributed by atoms with E-state index in [1.54, 1.807) is 36.7 Å². The van der Waals surface area contributed by atoms with Crippen LogP contribution in [0.4, 0.5) is 4.79 Å². The Hall–Kier alpha value is -2.27. The highest BCUT2D eigenvalue weighted by atomic mass is 35.5. The van der Waals surface area contributed by atoms with Crippen LogP contribution in [0, 0.1) is 0 Å². The van der Waals surface area contributed by atoms with E-state index in [1.165, 1.54) is 0 Å². The number of hydrogen-bond donors (Lipinski definition) is 2. The molecule has 2 N–H and O–H groups in total. The van der Waals surface area contributed by atoms with Crippen molar-refractivity contribution in [1.82, 2.24) is 15.6 Å². The molecule has 0 saturated heterocycles. The lowest BCUT2D eigenvalue weighted by Crippen LogP contribution is -2.40. The molecule has 0 aliphatic rings. The first-order valence-corrected chi connectivity index (χ1v) is 7.34. The number of amides is 2. The Bertz CT molecular complexity index is 590. The van der Waals surface area contributed by atoms with Crippen molar-refractivity contribution in [2.24, 2.45) is 0 Å². The lowest BCUT2D eigenvalue weighted by Gasteiger charge is -2.16. The number of hydrogen-bond acceptors (Lipinski definition) is 3. The molecule has 1 heterocycles. The lowest BCUT2D eigenvalue weighted by molar-refractivity contribution is 0.207. The normalized spacial score (nSPS) is 11.5. The first kappa shape index (κ1) is 16.1. The molecule has 0 aliphatic carbocycles. The molecule has 6 heteroatoms. The topological polar surface area (TPSA) is 63.2 Å². The average Bonchev–Trinajstić information content (AvgIpc) is 2.54. The molecular weight excluding hydrogens is 302 g/mol. The summed E-state index contributed by atoms with van der Waals surface area (Å²) in [6.45, 7) is 2.73. The van der Waals surface area contributed by atoms with Crippen molar-refractivity contribution in [3.05, 3.63) is 59.4 Å². The third-order valence-corrected chi connectivity index (χ3v) is 3.13. The zero-order chi connectivity index (χ0) is 15.8. The predicted octanol–water partition coefficient (Wildman–Crippen LogP) is 3.00. The third-order valence-electron chi connectivity index (χ3n) is 2.88. The van der Waals surface area contributed by atoms with E-state index in [1.807, 2.05) is 19.1 Å². The molecule has 0 saturated carbocycles. The van der Waals surface area contributed by atoms with Gasteiger partial charge in [0.25, 0.3) is 0 Å². The van der Waals surface area contributed by atoms with Crippen molar-refractivity contribution >= 4 is 17.6 Å².